The maximum Gasteiger partial charge on any atom is 0.337 e. The summed E-state index contributed by atoms with van der Waals surface area (Å²) >= 11 is 1.31. The standard InChI is InChI=1S/C23H26N4O4S/c1-4-16-6-12-19(13-7-16)31-14-20-25-26-23(27(20)5-2)32-15-21(28)24-18-10-8-17(9-11-18)22(29)30-3/h6-13H,4-5,14-15H2,1-3H3,(H,24,28). The third kappa shape index (κ3) is 6.10. The zero-order valence-corrected chi connectivity index (χ0v) is 19.1. The number of rotatable bonds is 10. The Morgan fingerprint density at radius 3 is 2.38 bits per heavy atom. The molecule has 168 valence electrons. The fraction of sp³-hybridized carbons (Fsp3) is 0.304. The molecule has 1 N–H and O–H groups in total. The smallest absolute Gasteiger partial charge is 0.337 e. The van der Waals surface area contributed by atoms with E-state index in [0.29, 0.717) is 35.4 Å². The van der Waals surface area contributed by atoms with Gasteiger partial charge in [0.1, 0.15) is 12.4 Å². The van der Waals surface area contributed by atoms with E-state index in [9.17, 15) is 9.59 Å². The molecule has 0 aliphatic heterocycles. The lowest BCUT2D eigenvalue weighted by molar-refractivity contribution is -0.113. The van der Waals surface area contributed by atoms with E-state index in [4.69, 9.17) is 4.74 Å². The van der Waals surface area contributed by atoms with E-state index < -0.39 is 5.97 Å². The normalized spacial score (nSPS) is 10.6. The van der Waals surface area contributed by atoms with Gasteiger partial charge < -0.3 is 19.4 Å². The van der Waals surface area contributed by atoms with E-state index in [1.165, 1.54) is 24.4 Å². The minimum absolute atomic E-state index is 0.177. The lowest BCUT2D eigenvalue weighted by Crippen LogP contribution is -2.15. The van der Waals surface area contributed by atoms with Gasteiger partial charge in [0.25, 0.3) is 0 Å². The highest BCUT2D eigenvalue weighted by atomic mass is 32.2. The first kappa shape index (κ1) is 23.3. The molecular formula is C23H26N4O4S. The number of benzene rings is 2. The zero-order chi connectivity index (χ0) is 22.9. The number of nitrogens with one attached hydrogen (secondary N) is 1. The van der Waals surface area contributed by atoms with Gasteiger partial charge in [-0.3, -0.25) is 4.79 Å². The third-order valence-electron chi connectivity index (χ3n) is 4.73. The van der Waals surface area contributed by atoms with Gasteiger partial charge >= 0.3 is 5.97 Å². The number of nitrogens with zero attached hydrogens (tertiary/aromatic N) is 3. The molecule has 0 spiro atoms. The molecular weight excluding hydrogens is 428 g/mol. The van der Waals surface area contributed by atoms with E-state index in [1.54, 1.807) is 24.3 Å². The van der Waals surface area contributed by atoms with Crippen LogP contribution in [0.15, 0.2) is 53.7 Å². The maximum atomic E-state index is 12.3. The van der Waals surface area contributed by atoms with Gasteiger partial charge in [0.05, 0.1) is 18.4 Å². The minimum atomic E-state index is -0.421. The summed E-state index contributed by atoms with van der Waals surface area (Å²) in [7, 11) is 1.32. The van der Waals surface area contributed by atoms with Gasteiger partial charge in [0, 0.05) is 12.2 Å². The van der Waals surface area contributed by atoms with Crippen molar-refractivity contribution in [3.8, 4) is 5.75 Å². The minimum Gasteiger partial charge on any atom is -0.486 e. The average molecular weight is 455 g/mol. The van der Waals surface area contributed by atoms with Crippen LogP contribution in [-0.2, 0) is 29.1 Å². The monoisotopic (exact) mass is 454 g/mol. The van der Waals surface area contributed by atoms with E-state index in [0.717, 1.165) is 12.2 Å². The van der Waals surface area contributed by atoms with E-state index in [-0.39, 0.29) is 11.7 Å². The first-order valence-corrected chi connectivity index (χ1v) is 11.3. The van der Waals surface area contributed by atoms with Crippen LogP contribution in [0.3, 0.4) is 0 Å². The van der Waals surface area contributed by atoms with Gasteiger partial charge in [-0.1, -0.05) is 30.8 Å². The number of amides is 1. The predicted octanol–water partition coefficient (Wildman–Crippen LogP) is 3.96. The molecule has 32 heavy (non-hydrogen) atoms. The van der Waals surface area contributed by atoms with Crippen molar-refractivity contribution in [2.45, 2.75) is 38.6 Å². The number of methoxy groups -OCH3 is 1. The summed E-state index contributed by atoms with van der Waals surface area (Å²) in [5.41, 5.74) is 2.28. The summed E-state index contributed by atoms with van der Waals surface area (Å²) in [5.74, 6) is 1.05. The topological polar surface area (TPSA) is 95.3 Å². The highest BCUT2D eigenvalue weighted by molar-refractivity contribution is 7.99. The molecule has 0 saturated heterocycles. The number of carbonyl (C=O) groups is 2. The molecule has 8 nitrogen and oxygen atoms in total. The van der Waals surface area contributed by atoms with Gasteiger partial charge in [-0.25, -0.2) is 4.79 Å². The lowest BCUT2D eigenvalue weighted by Gasteiger charge is -2.09. The highest BCUT2D eigenvalue weighted by Crippen LogP contribution is 2.20. The zero-order valence-electron chi connectivity index (χ0n) is 18.3. The molecule has 0 radical (unpaired) electrons. The number of carbonyl (C=O) groups excluding carboxylic acids is 2. The Labute approximate surface area is 191 Å². The summed E-state index contributed by atoms with van der Waals surface area (Å²) in [6.07, 6.45) is 0.984. The molecule has 3 rings (SSSR count). The Balaban J connectivity index is 1.53. The second-order valence-electron chi connectivity index (χ2n) is 6.84. The molecule has 0 aliphatic carbocycles. The fourth-order valence-corrected chi connectivity index (χ4v) is 3.78. The Morgan fingerprint density at radius 1 is 1.03 bits per heavy atom. The number of hydrogen-bond donors (Lipinski definition) is 1. The fourth-order valence-electron chi connectivity index (χ4n) is 2.95. The summed E-state index contributed by atoms with van der Waals surface area (Å²) in [4.78, 5) is 23.8. The molecule has 0 aliphatic rings. The van der Waals surface area contributed by atoms with Crippen molar-refractivity contribution in [3.63, 3.8) is 0 Å². The number of ether oxygens (including phenoxy) is 2. The molecule has 0 unspecified atom stereocenters. The Morgan fingerprint density at radius 2 is 1.75 bits per heavy atom. The van der Waals surface area contributed by atoms with E-state index in [1.807, 2.05) is 35.8 Å². The van der Waals surface area contributed by atoms with Crippen molar-refractivity contribution in [2.75, 3.05) is 18.2 Å². The van der Waals surface area contributed by atoms with Crippen LogP contribution in [0, 0.1) is 0 Å². The molecule has 0 atom stereocenters. The average Bonchev–Trinajstić information content (AvgIpc) is 3.23. The number of aromatic nitrogens is 3. The highest BCUT2D eigenvalue weighted by Gasteiger charge is 2.14. The molecule has 3 aromatic rings. The van der Waals surface area contributed by atoms with Gasteiger partial charge in [0.15, 0.2) is 11.0 Å². The van der Waals surface area contributed by atoms with Gasteiger partial charge in [-0.2, -0.15) is 0 Å². The SMILES string of the molecule is CCc1ccc(OCc2nnc(SCC(=O)Nc3ccc(C(=O)OC)cc3)n2CC)cc1. The summed E-state index contributed by atoms with van der Waals surface area (Å²) in [5, 5.41) is 11.9. The molecule has 0 fully saturated rings. The Bertz CT molecular complexity index is 1050. The van der Waals surface area contributed by atoms with E-state index >= 15 is 0 Å². The van der Waals surface area contributed by atoms with Crippen LogP contribution in [0.5, 0.6) is 5.75 Å². The number of thioether (sulfide) groups is 1. The van der Waals surface area contributed by atoms with Crippen molar-refractivity contribution in [1.82, 2.24) is 14.8 Å². The van der Waals surface area contributed by atoms with Crippen molar-refractivity contribution < 1.29 is 19.1 Å². The number of hydrogen-bond acceptors (Lipinski definition) is 7. The number of esters is 1. The van der Waals surface area contributed by atoms with Crippen LogP contribution in [0.25, 0.3) is 0 Å². The largest absolute Gasteiger partial charge is 0.486 e. The molecule has 0 bridgehead atoms. The van der Waals surface area contributed by atoms with Crippen LogP contribution >= 0.6 is 11.8 Å². The third-order valence-corrected chi connectivity index (χ3v) is 5.70. The van der Waals surface area contributed by atoms with Crippen LogP contribution in [0.1, 0.15) is 35.6 Å². The van der Waals surface area contributed by atoms with Gasteiger partial charge in [0.2, 0.25) is 5.91 Å². The van der Waals surface area contributed by atoms with Gasteiger partial charge in [-0.15, -0.1) is 10.2 Å². The first-order chi connectivity index (χ1) is 15.5. The van der Waals surface area contributed by atoms with Crippen LogP contribution in [-0.4, -0.2) is 39.5 Å². The first-order valence-electron chi connectivity index (χ1n) is 10.3. The van der Waals surface area contributed by atoms with Crippen LogP contribution in [0.4, 0.5) is 5.69 Å². The van der Waals surface area contributed by atoms with Crippen molar-refractivity contribution >= 4 is 29.3 Å². The second kappa shape index (κ2) is 11.3. The molecule has 1 heterocycles. The van der Waals surface area contributed by atoms with E-state index in [2.05, 4.69) is 27.2 Å². The maximum absolute atomic E-state index is 12.3. The lowest BCUT2D eigenvalue weighted by atomic mass is 10.2. The molecule has 1 aromatic heterocycles. The quantitative estimate of drug-likeness (QED) is 0.366. The molecule has 2 aromatic carbocycles. The van der Waals surface area contributed by atoms with Crippen molar-refractivity contribution in [1.29, 1.82) is 0 Å². The number of aryl methyl sites for hydroxylation is 1. The number of anilines is 1. The Hall–Kier alpha value is -3.33. The van der Waals surface area contributed by atoms with Crippen LogP contribution < -0.4 is 10.1 Å². The Kier molecular flexibility index (Phi) is 8.27. The summed E-state index contributed by atoms with van der Waals surface area (Å²) in [6, 6.07) is 14.5. The molecule has 0 saturated carbocycles. The molecule has 9 heteroatoms. The molecule has 1 amide bonds. The predicted molar refractivity (Wildman–Crippen MR) is 123 cm³/mol. The summed E-state index contributed by atoms with van der Waals surface area (Å²) in [6.45, 7) is 5.07. The van der Waals surface area contributed by atoms with Crippen LogP contribution in [0.2, 0.25) is 0 Å². The van der Waals surface area contributed by atoms with Crippen molar-refractivity contribution in [3.05, 3.63) is 65.5 Å². The van der Waals surface area contributed by atoms with Crippen molar-refractivity contribution in [2.24, 2.45) is 0 Å². The summed E-state index contributed by atoms with van der Waals surface area (Å²) < 4.78 is 12.4. The second-order valence-corrected chi connectivity index (χ2v) is 7.78. The van der Waals surface area contributed by atoms with Gasteiger partial charge in [-0.05, 0) is 55.3 Å².